The van der Waals surface area contributed by atoms with Gasteiger partial charge in [-0.05, 0) is 37.0 Å². The lowest BCUT2D eigenvalue weighted by Crippen LogP contribution is -2.47. The molecule has 2 rings (SSSR count). The molecule has 0 aromatic heterocycles. The quantitative estimate of drug-likeness (QED) is 0.736. The molecule has 2 aliphatic rings. The van der Waals surface area contributed by atoms with Crippen molar-refractivity contribution in [1.82, 2.24) is 4.90 Å². The zero-order valence-electron chi connectivity index (χ0n) is 12.0. The zero-order valence-corrected chi connectivity index (χ0v) is 12.8. The summed E-state index contributed by atoms with van der Waals surface area (Å²) >= 11 is 0. The van der Waals surface area contributed by atoms with E-state index in [1.807, 2.05) is 0 Å². The maximum atomic E-state index is 11.4. The van der Waals surface area contributed by atoms with Crippen LogP contribution in [0.3, 0.4) is 0 Å². The Morgan fingerprint density at radius 3 is 1.89 bits per heavy atom. The molecule has 1 heterocycles. The average molecular weight is 273 g/mol. The van der Waals surface area contributed by atoms with Crippen LogP contribution in [0.5, 0.6) is 0 Å². The molecule has 0 radical (unpaired) electrons. The van der Waals surface area contributed by atoms with Gasteiger partial charge in [-0.1, -0.05) is 20.8 Å². The summed E-state index contributed by atoms with van der Waals surface area (Å²) in [7, 11) is -2.73. The summed E-state index contributed by atoms with van der Waals surface area (Å²) in [5.74, 6) is 1.57. The van der Waals surface area contributed by atoms with Crippen LogP contribution in [0.1, 0.15) is 46.5 Å². The third kappa shape index (κ3) is 3.47. The maximum Gasteiger partial charge on any atom is 0.152 e. The highest BCUT2D eigenvalue weighted by Gasteiger charge is 2.33. The molecule has 1 saturated carbocycles. The maximum absolute atomic E-state index is 11.4. The predicted molar refractivity (Wildman–Crippen MR) is 75.4 cm³/mol. The molecule has 1 aliphatic carbocycles. The minimum atomic E-state index is -2.73. The molecule has 0 N–H and O–H groups in total. The van der Waals surface area contributed by atoms with Gasteiger partial charge in [0.25, 0.3) is 0 Å². The molecule has 0 aromatic carbocycles. The third-order valence-corrected chi connectivity index (χ3v) is 6.43. The van der Waals surface area contributed by atoms with E-state index in [9.17, 15) is 8.42 Å². The van der Waals surface area contributed by atoms with Gasteiger partial charge in [-0.15, -0.1) is 0 Å². The van der Waals surface area contributed by atoms with E-state index in [2.05, 4.69) is 25.7 Å². The van der Waals surface area contributed by atoms with Crippen molar-refractivity contribution in [3.05, 3.63) is 0 Å². The average Bonchev–Trinajstić information content (AvgIpc) is 2.28. The van der Waals surface area contributed by atoms with E-state index in [0.717, 1.165) is 19.0 Å². The van der Waals surface area contributed by atoms with Crippen molar-refractivity contribution in [2.45, 2.75) is 52.5 Å². The van der Waals surface area contributed by atoms with Crippen molar-refractivity contribution in [3.63, 3.8) is 0 Å². The van der Waals surface area contributed by atoms with Crippen LogP contribution in [0.15, 0.2) is 0 Å². The van der Waals surface area contributed by atoms with Crippen LogP contribution in [-0.4, -0.2) is 44.0 Å². The molecule has 0 unspecified atom stereocenters. The molecule has 0 atom stereocenters. The summed E-state index contributed by atoms with van der Waals surface area (Å²) in [4.78, 5) is 2.42. The van der Waals surface area contributed by atoms with Crippen molar-refractivity contribution in [1.29, 1.82) is 0 Å². The molecule has 0 bridgehead atoms. The van der Waals surface area contributed by atoms with Gasteiger partial charge in [-0.2, -0.15) is 0 Å². The van der Waals surface area contributed by atoms with E-state index in [1.54, 1.807) is 0 Å². The van der Waals surface area contributed by atoms with Gasteiger partial charge in [-0.3, -0.25) is 4.90 Å². The minimum Gasteiger partial charge on any atom is -0.298 e. The molecule has 0 aromatic rings. The van der Waals surface area contributed by atoms with E-state index < -0.39 is 9.84 Å². The summed E-state index contributed by atoms with van der Waals surface area (Å²) in [5, 5.41) is 0. The second-order valence-electron chi connectivity index (χ2n) is 7.06. The van der Waals surface area contributed by atoms with Crippen molar-refractivity contribution in [2.75, 3.05) is 24.6 Å². The van der Waals surface area contributed by atoms with Gasteiger partial charge in [0, 0.05) is 19.1 Å². The van der Waals surface area contributed by atoms with Crippen LogP contribution in [0.2, 0.25) is 0 Å². The Hall–Kier alpha value is -0.0900. The third-order valence-electron chi connectivity index (χ3n) is 4.82. The molecule has 2 fully saturated rings. The first-order chi connectivity index (χ1) is 8.28. The fourth-order valence-electron chi connectivity index (χ4n) is 3.40. The van der Waals surface area contributed by atoms with E-state index >= 15 is 0 Å². The van der Waals surface area contributed by atoms with Crippen LogP contribution < -0.4 is 0 Å². The van der Waals surface area contributed by atoms with Crippen molar-refractivity contribution >= 4 is 9.84 Å². The van der Waals surface area contributed by atoms with E-state index in [4.69, 9.17) is 0 Å². The normalized spacial score (nSPS) is 34.4. The van der Waals surface area contributed by atoms with Gasteiger partial charge < -0.3 is 0 Å². The second-order valence-corrected chi connectivity index (χ2v) is 9.36. The fourth-order valence-corrected chi connectivity index (χ4v) is 4.63. The molecule has 0 spiro atoms. The first kappa shape index (κ1) is 14.3. The Morgan fingerprint density at radius 1 is 0.944 bits per heavy atom. The summed E-state index contributed by atoms with van der Waals surface area (Å²) < 4.78 is 22.9. The van der Waals surface area contributed by atoms with E-state index in [1.165, 1.54) is 25.7 Å². The topological polar surface area (TPSA) is 37.4 Å². The smallest absolute Gasteiger partial charge is 0.152 e. The highest BCUT2D eigenvalue weighted by molar-refractivity contribution is 7.91. The number of hydrogen-bond donors (Lipinski definition) is 0. The molecular formula is C14H27NO2S. The van der Waals surface area contributed by atoms with Gasteiger partial charge in [0.05, 0.1) is 11.5 Å². The predicted octanol–water partition coefficient (Wildman–Crippen LogP) is 2.32. The standard InChI is InChI=1S/C14H27NO2S/c1-14(2,3)12-4-6-13(7-5-12)15-8-10-18(16,17)11-9-15/h12-13H,4-11H2,1-3H3. The second kappa shape index (κ2) is 5.12. The highest BCUT2D eigenvalue weighted by Crippen LogP contribution is 2.39. The van der Waals surface area contributed by atoms with Crippen LogP contribution in [0.25, 0.3) is 0 Å². The fraction of sp³-hybridized carbons (Fsp3) is 1.00. The number of nitrogens with zero attached hydrogens (tertiary/aromatic N) is 1. The minimum absolute atomic E-state index is 0.367. The number of hydrogen-bond acceptors (Lipinski definition) is 3. The van der Waals surface area contributed by atoms with Crippen molar-refractivity contribution in [2.24, 2.45) is 11.3 Å². The Balaban J connectivity index is 1.84. The van der Waals surface area contributed by atoms with E-state index in [0.29, 0.717) is 23.0 Å². The van der Waals surface area contributed by atoms with Gasteiger partial charge in [0.1, 0.15) is 0 Å². The van der Waals surface area contributed by atoms with Gasteiger partial charge in [-0.25, -0.2) is 8.42 Å². The lowest BCUT2D eigenvalue weighted by molar-refractivity contribution is 0.101. The summed E-state index contributed by atoms with van der Waals surface area (Å²) in [6, 6.07) is 0.638. The molecule has 0 amide bonds. The lowest BCUT2D eigenvalue weighted by Gasteiger charge is -2.42. The van der Waals surface area contributed by atoms with Crippen LogP contribution in [-0.2, 0) is 9.84 Å². The summed E-state index contributed by atoms with van der Waals surface area (Å²) in [5.41, 5.74) is 0.427. The Bertz CT molecular complexity index is 361. The monoisotopic (exact) mass is 273 g/mol. The van der Waals surface area contributed by atoms with Gasteiger partial charge >= 0.3 is 0 Å². The number of sulfone groups is 1. The van der Waals surface area contributed by atoms with E-state index in [-0.39, 0.29) is 0 Å². The van der Waals surface area contributed by atoms with Gasteiger partial charge in [0.2, 0.25) is 0 Å². The Kier molecular flexibility index (Phi) is 4.07. The Labute approximate surface area is 112 Å². The Morgan fingerprint density at radius 2 is 1.44 bits per heavy atom. The zero-order chi connectivity index (χ0) is 13.4. The molecular weight excluding hydrogens is 246 g/mol. The molecule has 106 valence electrons. The molecule has 18 heavy (non-hydrogen) atoms. The molecule has 1 aliphatic heterocycles. The van der Waals surface area contributed by atoms with Crippen LogP contribution in [0.4, 0.5) is 0 Å². The van der Waals surface area contributed by atoms with Gasteiger partial charge in [0.15, 0.2) is 9.84 Å². The largest absolute Gasteiger partial charge is 0.298 e. The van der Waals surface area contributed by atoms with Crippen molar-refractivity contribution < 1.29 is 8.42 Å². The molecule has 3 nitrogen and oxygen atoms in total. The summed E-state index contributed by atoms with van der Waals surface area (Å²) in [6.45, 7) is 8.53. The lowest BCUT2D eigenvalue weighted by atomic mass is 9.71. The molecule has 1 saturated heterocycles. The molecule has 4 heteroatoms. The first-order valence-electron chi connectivity index (χ1n) is 7.22. The first-order valence-corrected chi connectivity index (χ1v) is 9.04. The van der Waals surface area contributed by atoms with Crippen LogP contribution in [0, 0.1) is 11.3 Å². The SMILES string of the molecule is CC(C)(C)C1CCC(N2CCS(=O)(=O)CC2)CC1. The number of rotatable bonds is 1. The highest BCUT2D eigenvalue weighted by atomic mass is 32.2. The van der Waals surface area contributed by atoms with Crippen molar-refractivity contribution in [3.8, 4) is 0 Å². The summed E-state index contributed by atoms with van der Waals surface area (Å²) in [6.07, 6.45) is 5.11. The van der Waals surface area contributed by atoms with Crippen LogP contribution >= 0.6 is 0 Å².